The summed E-state index contributed by atoms with van der Waals surface area (Å²) in [5, 5.41) is 0.971. The first kappa shape index (κ1) is 12.0. The number of alkyl halides is 2. The van der Waals surface area contributed by atoms with E-state index in [0.717, 1.165) is 5.56 Å². The van der Waals surface area contributed by atoms with E-state index >= 15 is 0 Å². The second-order valence-electron chi connectivity index (χ2n) is 4.03. The molecular weight excluding hydrogens is 243 g/mol. The molecule has 1 N–H and O–H groups in total. The lowest BCUT2D eigenvalue weighted by Crippen LogP contribution is -2.11. The van der Waals surface area contributed by atoms with E-state index in [9.17, 15) is 9.18 Å². The van der Waals surface area contributed by atoms with E-state index in [4.69, 9.17) is 11.6 Å². The van der Waals surface area contributed by atoms with Crippen LogP contribution in [0.5, 0.6) is 0 Å². The minimum Gasteiger partial charge on any atom is -0.310 e. The van der Waals surface area contributed by atoms with Gasteiger partial charge in [-0.1, -0.05) is 17.7 Å². The molecule has 1 aromatic rings. The van der Waals surface area contributed by atoms with Crippen LogP contribution in [-0.4, -0.2) is 16.0 Å². The summed E-state index contributed by atoms with van der Waals surface area (Å²) in [5.74, 6) is -0.0891. The number of halogens is 2. The molecule has 1 amide bonds. The van der Waals surface area contributed by atoms with Gasteiger partial charge >= 0.3 is 0 Å². The smallest absolute Gasteiger partial charge is 0.229 e. The predicted octanol–water partition coefficient (Wildman–Crippen LogP) is 2.99. The standard InChI is InChI=1S/C12H12ClFN2O/c1-2-3-11(17)16-10-6-8(4-5-15-10)9-7-12(9,13)14/h2,4-6,9H,1,3,7H2,(H,15,16,17). The highest BCUT2D eigenvalue weighted by atomic mass is 35.5. The minimum absolute atomic E-state index is 0.196. The molecule has 0 bridgehead atoms. The van der Waals surface area contributed by atoms with Crippen LogP contribution in [0.2, 0.25) is 0 Å². The summed E-state index contributed by atoms with van der Waals surface area (Å²) < 4.78 is 13.3. The van der Waals surface area contributed by atoms with Crippen molar-refractivity contribution >= 4 is 23.3 Å². The monoisotopic (exact) mass is 254 g/mol. The number of nitrogens with one attached hydrogen (secondary N) is 1. The van der Waals surface area contributed by atoms with E-state index in [-0.39, 0.29) is 18.2 Å². The SMILES string of the molecule is C=CCC(=O)Nc1cc(C2CC2(F)Cl)ccn1. The molecule has 1 saturated carbocycles. The number of anilines is 1. The van der Waals surface area contributed by atoms with Crippen LogP contribution in [0.1, 0.15) is 24.3 Å². The lowest BCUT2D eigenvalue weighted by molar-refractivity contribution is -0.115. The third-order valence-corrected chi connectivity index (χ3v) is 3.03. The molecule has 1 fully saturated rings. The fourth-order valence-corrected chi connectivity index (χ4v) is 1.91. The number of carbonyl (C=O) groups is 1. The van der Waals surface area contributed by atoms with Gasteiger partial charge in [0.1, 0.15) is 5.82 Å². The van der Waals surface area contributed by atoms with Gasteiger partial charge in [0.05, 0.1) is 0 Å². The molecule has 2 unspecified atom stereocenters. The third-order valence-electron chi connectivity index (χ3n) is 2.61. The van der Waals surface area contributed by atoms with E-state index in [0.29, 0.717) is 12.2 Å². The number of nitrogens with zero attached hydrogens (tertiary/aromatic N) is 1. The number of rotatable bonds is 4. The van der Waals surface area contributed by atoms with Crippen molar-refractivity contribution in [1.82, 2.24) is 4.98 Å². The quantitative estimate of drug-likeness (QED) is 0.663. The number of hydrogen-bond acceptors (Lipinski definition) is 2. The average molecular weight is 255 g/mol. The van der Waals surface area contributed by atoms with Crippen LogP contribution >= 0.6 is 11.6 Å². The molecule has 0 aromatic carbocycles. The molecule has 0 radical (unpaired) electrons. The lowest BCUT2D eigenvalue weighted by atomic mass is 10.2. The van der Waals surface area contributed by atoms with Crippen molar-refractivity contribution in [3.63, 3.8) is 0 Å². The number of hydrogen-bond donors (Lipinski definition) is 1. The van der Waals surface area contributed by atoms with Crippen LogP contribution in [0.25, 0.3) is 0 Å². The second-order valence-corrected chi connectivity index (χ2v) is 4.66. The Labute approximate surface area is 104 Å². The molecule has 1 aliphatic rings. The molecule has 5 heteroatoms. The zero-order valence-corrected chi connectivity index (χ0v) is 9.88. The Hall–Kier alpha value is -1.42. The van der Waals surface area contributed by atoms with Gasteiger partial charge < -0.3 is 5.32 Å². The summed E-state index contributed by atoms with van der Waals surface area (Å²) in [6.45, 7) is 3.47. The van der Waals surface area contributed by atoms with Crippen molar-refractivity contribution in [3.05, 3.63) is 36.5 Å². The van der Waals surface area contributed by atoms with Gasteiger partial charge in [-0.25, -0.2) is 9.37 Å². The molecule has 17 heavy (non-hydrogen) atoms. The molecule has 2 atom stereocenters. The van der Waals surface area contributed by atoms with E-state index in [1.54, 1.807) is 12.1 Å². The first-order valence-electron chi connectivity index (χ1n) is 5.27. The van der Waals surface area contributed by atoms with Crippen molar-refractivity contribution in [2.75, 3.05) is 5.32 Å². The highest BCUT2D eigenvalue weighted by molar-refractivity contribution is 6.25. The van der Waals surface area contributed by atoms with Crippen molar-refractivity contribution in [1.29, 1.82) is 0 Å². The summed E-state index contributed by atoms with van der Waals surface area (Å²) in [6.07, 6.45) is 3.56. The molecule has 1 heterocycles. The van der Waals surface area contributed by atoms with Gasteiger partial charge in [0, 0.05) is 25.0 Å². The van der Waals surface area contributed by atoms with E-state index < -0.39 is 5.13 Å². The number of carbonyl (C=O) groups excluding carboxylic acids is 1. The van der Waals surface area contributed by atoms with Crippen molar-refractivity contribution in [3.8, 4) is 0 Å². The summed E-state index contributed by atoms with van der Waals surface area (Å²) >= 11 is 5.56. The topological polar surface area (TPSA) is 42.0 Å². The van der Waals surface area contributed by atoms with Gasteiger partial charge in [-0.15, -0.1) is 6.58 Å². The maximum Gasteiger partial charge on any atom is 0.229 e. The molecule has 0 saturated heterocycles. The summed E-state index contributed by atoms with van der Waals surface area (Å²) in [5.41, 5.74) is 0.756. The maximum atomic E-state index is 13.3. The summed E-state index contributed by atoms with van der Waals surface area (Å²) in [6, 6.07) is 3.35. The Morgan fingerprint density at radius 2 is 2.53 bits per heavy atom. The Bertz CT molecular complexity index is 462. The fraction of sp³-hybridized carbons (Fsp3) is 0.333. The van der Waals surface area contributed by atoms with Crippen LogP contribution in [0, 0.1) is 0 Å². The van der Waals surface area contributed by atoms with Crippen LogP contribution in [-0.2, 0) is 4.79 Å². The number of amides is 1. The summed E-state index contributed by atoms with van der Waals surface area (Å²) in [7, 11) is 0. The Kier molecular flexibility index (Phi) is 3.15. The Morgan fingerprint density at radius 3 is 3.12 bits per heavy atom. The molecule has 90 valence electrons. The van der Waals surface area contributed by atoms with Gasteiger partial charge in [0.25, 0.3) is 0 Å². The zero-order valence-electron chi connectivity index (χ0n) is 9.12. The number of pyridine rings is 1. The molecule has 2 rings (SSSR count). The largest absolute Gasteiger partial charge is 0.310 e. The van der Waals surface area contributed by atoms with Crippen LogP contribution in [0.15, 0.2) is 31.0 Å². The van der Waals surface area contributed by atoms with Gasteiger partial charge in [0.2, 0.25) is 5.91 Å². The third kappa shape index (κ3) is 2.82. The average Bonchev–Trinajstić information content (AvgIpc) is 2.88. The van der Waals surface area contributed by atoms with Gasteiger partial charge in [-0.2, -0.15) is 0 Å². The highest BCUT2D eigenvalue weighted by Crippen LogP contribution is 2.57. The van der Waals surface area contributed by atoms with Crippen molar-refractivity contribution in [2.45, 2.75) is 23.9 Å². The molecule has 0 spiro atoms. The molecule has 1 aromatic heterocycles. The van der Waals surface area contributed by atoms with E-state index in [1.165, 1.54) is 12.3 Å². The highest BCUT2D eigenvalue weighted by Gasteiger charge is 2.55. The fourth-order valence-electron chi connectivity index (χ4n) is 1.63. The molecule has 0 aliphatic heterocycles. The maximum absolute atomic E-state index is 13.3. The van der Waals surface area contributed by atoms with Crippen molar-refractivity contribution < 1.29 is 9.18 Å². The molecular formula is C12H12ClFN2O. The van der Waals surface area contributed by atoms with Crippen LogP contribution in [0.4, 0.5) is 10.2 Å². The van der Waals surface area contributed by atoms with Gasteiger partial charge in [0.15, 0.2) is 5.13 Å². The summed E-state index contributed by atoms with van der Waals surface area (Å²) in [4.78, 5) is 15.3. The normalized spacial score (nSPS) is 26.4. The first-order chi connectivity index (χ1) is 8.03. The van der Waals surface area contributed by atoms with Crippen LogP contribution in [0.3, 0.4) is 0 Å². The van der Waals surface area contributed by atoms with Crippen LogP contribution < -0.4 is 5.32 Å². The zero-order chi connectivity index (χ0) is 12.5. The predicted molar refractivity (Wildman–Crippen MR) is 64.7 cm³/mol. The molecule has 1 aliphatic carbocycles. The lowest BCUT2D eigenvalue weighted by Gasteiger charge is -2.05. The number of aromatic nitrogens is 1. The minimum atomic E-state index is -1.64. The van der Waals surface area contributed by atoms with E-state index in [2.05, 4.69) is 16.9 Å². The first-order valence-corrected chi connectivity index (χ1v) is 5.65. The van der Waals surface area contributed by atoms with Crippen molar-refractivity contribution in [2.24, 2.45) is 0 Å². The van der Waals surface area contributed by atoms with E-state index in [1.807, 2.05) is 0 Å². The van der Waals surface area contributed by atoms with Gasteiger partial charge in [-0.3, -0.25) is 4.79 Å². The Morgan fingerprint density at radius 1 is 1.82 bits per heavy atom. The van der Waals surface area contributed by atoms with Gasteiger partial charge in [-0.05, 0) is 17.7 Å². The Balaban J connectivity index is 2.07. The second kappa shape index (κ2) is 4.45. The molecule has 3 nitrogen and oxygen atoms in total.